The number of hydrogen-bond donors (Lipinski definition) is 1. The molecule has 0 aliphatic carbocycles. The molecule has 1 aliphatic rings. The molecular weight excluding hydrogens is 538 g/mol. The van der Waals surface area contributed by atoms with Crippen molar-refractivity contribution in [2.75, 3.05) is 40.4 Å². The van der Waals surface area contributed by atoms with Gasteiger partial charge in [-0.05, 0) is 71.5 Å². The van der Waals surface area contributed by atoms with Crippen molar-refractivity contribution in [3.05, 3.63) is 101 Å². The van der Waals surface area contributed by atoms with E-state index in [9.17, 15) is 13.6 Å². The Kier molecular flexibility index (Phi) is 10.6. The van der Waals surface area contributed by atoms with Gasteiger partial charge in [-0.3, -0.25) is 0 Å². The summed E-state index contributed by atoms with van der Waals surface area (Å²) in [6.45, 7) is 2.51. The van der Waals surface area contributed by atoms with Crippen molar-refractivity contribution in [1.82, 2.24) is 10.2 Å². The van der Waals surface area contributed by atoms with Crippen LogP contribution in [0.25, 0.3) is 5.57 Å². The molecule has 6 nitrogen and oxygen atoms in total. The van der Waals surface area contributed by atoms with Gasteiger partial charge in [-0.1, -0.05) is 42.3 Å². The fraction of sp³-hybridized carbons (Fsp3) is 0.324. The lowest BCUT2D eigenvalue weighted by Crippen LogP contribution is -2.48. The first-order valence-corrected chi connectivity index (χ1v) is 13.9. The minimum Gasteiger partial charge on any atom is -0.493 e. The molecule has 1 fully saturated rings. The second-order valence-electron chi connectivity index (χ2n) is 10.2. The number of halogens is 2. The van der Waals surface area contributed by atoms with Crippen LogP contribution in [0.1, 0.15) is 36.0 Å². The molecule has 1 saturated heterocycles. The van der Waals surface area contributed by atoms with Gasteiger partial charge in [0.15, 0.2) is 17.1 Å². The van der Waals surface area contributed by atoms with E-state index in [2.05, 4.69) is 22.2 Å². The molecule has 1 heterocycles. The summed E-state index contributed by atoms with van der Waals surface area (Å²) in [6.07, 6.45) is 9.77. The minimum absolute atomic E-state index is 0.309. The molecule has 220 valence electrons. The van der Waals surface area contributed by atoms with Gasteiger partial charge in [-0.15, -0.1) is 6.42 Å². The first kappa shape index (κ1) is 30.6. The van der Waals surface area contributed by atoms with E-state index < -0.39 is 11.7 Å². The number of methoxy groups -OCH3 is 2. The van der Waals surface area contributed by atoms with Crippen molar-refractivity contribution < 1.29 is 27.8 Å². The van der Waals surface area contributed by atoms with Crippen LogP contribution >= 0.6 is 0 Å². The summed E-state index contributed by atoms with van der Waals surface area (Å²) >= 11 is 0. The van der Waals surface area contributed by atoms with Crippen LogP contribution in [0.3, 0.4) is 0 Å². The van der Waals surface area contributed by atoms with E-state index in [1.165, 1.54) is 24.3 Å². The lowest BCUT2D eigenvalue weighted by Gasteiger charge is -2.37. The van der Waals surface area contributed by atoms with Crippen molar-refractivity contribution in [1.29, 1.82) is 0 Å². The van der Waals surface area contributed by atoms with Crippen LogP contribution in [-0.2, 0) is 11.2 Å². The molecule has 3 aromatic rings. The van der Waals surface area contributed by atoms with Gasteiger partial charge in [0.2, 0.25) is 0 Å². The molecule has 42 heavy (non-hydrogen) atoms. The summed E-state index contributed by atoms with van der Waals surface area (Å²) in [5, 5.41) is 2.80. The molecule has 8 heteroatoms. The Hall–Kier alpha value is -4.35. The highest BCUT2D eigenvalue weighted by atomic mass is 19.1. The largest absolute Gasteiger partial charge is 0.493 e. The lowest BCUT2D eigenvalue weighted by molar-refractivity contribution is 0.00581. The number of likely N-dealkylation sites (tertiary alicyclic amines) is 1. The summed E-state index contributed by atoms with van der Waals surface area (Å²) in [5.74, 6) is 3.38. The maximum absolute atomic E-state index is 13.5. The van der Waals surface area contributed by atoms with Gasteiger partial charge in [0.1, 0.15) is 11.6 Å². The van der Waals surface area contributed by atoms with E-state index in [0.29, 0.717) is 50.4 Å². The standard InChI is InChI=1S/C34H36F2N2O4/c1-4-34(42-33(39)37-20-17-25-7-16-31(40-2)32(24-25)41-3)18-22-38(23-19-34)21-5-6-30(26-8-12-28(35)13-9-26)27-10-14-29(36)15-11-27/h1,6-16,24H,5,17-23H2,2-3H3,(H,37,39). The topological polar surface area (TPSA) is 60.0 Å². The molecule has 1 amide bonds. The van der Waals surface area contributed by atoms with E-state index in [4.69, 9.17) is 20.6 Å². The minimum atomic E-state index is -0.951. The number of hydrogen-bond acceptors (Lipinski definition) is 5. The Labute approximate surface area is 246 Å². The van der Waals surface area contributed by atoms with Gasteiger partial charge in [-0.2, -0.15) is 0 Å². The van der Waals surface area contributed by atoms with E-state index >= 15 is 0 Å². The molecule has 3 aromatic carbocycles. The summed E-state index contributed by atoms with van der Waals surface area (Å²) < 4.78 is 43.4. The zero-order valence-corrected chi connectivity index (χ0v) is 24.0. The molecule has 1 aliphatic heterocycles. The molecule has 0 aromatic heterocycles. The van der Waals surface area contributed by atoms with Crippen LogP contribution < -0.4 is 14.8 Å². The monoisotopic (exact) mass is 574 g/mol. The smallest absolute Gasteiger partial charge is 0.408 e. The Balaban J connectivity index is 1.28. The zero-order chi connectivity index (χ0) is 30.0. The van der Waals surface area contributed by atoms with Crippen molar-refractivity contribution in [3.63, 3.8) is 0 Å². The van der Waals surface area contributed by atoms with Gasteiger partial charge >= 0.3 is 6.09 Å². The van der Waals surface area contributed by atoms with E-state index in [1.807, 2.05) is 18.2 Å². The third-order valence-electron chi connectivity index (χ3n) is 7.45. The Morgan fingerprint density at radius 2 is 1.55 bits per heavy atom. The maximum Gasteiger partial charge on any atom is 0.408 e. The number of rotatable bonds is 11. The highest BCUT2D eigenvalue weighted by Crippen LogP contribution is 2.29. The number of carbonyl (C=O) groups excluding carboxylic acids is 1. The van der Waals surface area contributed by atoms with Crippen LogP contribution in [0, 0.1) is 24.0 Å². The fourth-order valence-electron chi connectivity index (χ4n) is 5.02. The summed E-state index contributed by atoms with van der Waals surface area (Å²) in [7, 11) is 3.16. The van der Waals surface area contributed by atoms with Gasteiger partial charge in [0.05, 0.1) is 14.2 Å². The predicted molar refractivity (Wildman–Crippen MR) is 159 cm³/mol. The van der Waals surface area contributed by atoms with Crippen molar-refractivity contribution >= 4 is 11.7 Å². The number of piperidine rings is 1. The predicted octanol–water partition coefficient (Wildman–Crippen LogP) is 6.24. The number of amides is 1. The summed E-state index contributed by atoms with van der Waals surface area (Å²) in [5.41, 5.74) is 2.67. The number of benzene rings is 3. The number of carbonyl (C=O) groups is 1. The maximum atomic E-state index is 13.5. The van der Waals surface area contributed by atoms with E-state index in [1.54, 1.807) is 38.5 Å². The molecule has 0 bridgehead atoms. The molecular formula is C34H36F2N2O4. The quantitative estimate of drug-likeness (QED) is 0.275. The third kappa shape index (κ3) is 8.11. The second-order valence-corrected chi connectivity index (χ2v) is 10.2. The van der Waals surface area contributed by atoms with Gasteiger partial charge in [0, 0.05) is 39.0 Å². The van der Waals surface area contributed by atoms with Gasteiger partial charge in [-0.25, -0.2) is 13.6 Å². The number of nitrogens with one attached hydrogen (secondary N) is 1. The van der Waals surface area contributed by atoms with E-state index in [-0.39, 0.29) is 11.6 Å². The molecule has 0 radical (unpaired) electrons. The van der Waals surface area contributed by atoms with Gasteiger partial charge < -0.3 is 24.4 Å². The SMILES string of the molecule is C#CC1(OC(=O)NCCc2ccc(OC)c(OC)c2)CCN(CCC=C(c2ccc(F)cc2)c2ccc(F)cc2)CC1. The lowest BCUT2D eigenvalue weighted by atomic mass is 9.91. The van der Waals surface area contributed by atoms with Crippen LogP contribution in [0.5, 0.6) is 11.5 Å². The first-order valence-electron chi connectivity index (χ1n) is 13.9. The van der Waals surface area contributed by atoms with E-state index in [0.717, 1.165) is 35.2 Å². The van der Waals surface area contributed by atoms with Crippen molar-refractivity contribution in [2.24, 2.45) is 0 Å². The van der Waals surface area contributed by atoms with Crippen LogP contribution in [0.2, 0.25) is 0 Å². The third-order valence-corrected chi connectivity index (χ3v) is 7.45. The molecule has 4 rings (SSSR count). The van der Waals surface area contributed by atoms with Crippen molar-refractivity contribution in [3.8, 4) is 23.8 Å². The summed E-state index contributed by atoms with van der Waals surface area (Å²) in [6, 6.07) is 18.2. The number of nitrogens with zero attached hydrogens (tertiary/aromatic N) is 1. The number of alkyl carbamates (subject to hydrolysis) is 1. The highest BCUT2D eigenvalue weighted by molar-refractivity contribution is 5.79. The fourth-order valence-corrected chi connectivity index (χ4v) is 5.02. The number of ether oxygens (including phenoxy) is 3. The molecule has 0 unspecified atom stereocenters. The average molecular weight is 575 g/mol. The molecule has 1 N–H and O–H groups in total. The Morgan fingerprint density at radius 3 is 2.10 bits per heavy atom. The van der Waals surface area contributed by atoms with Gasteiger partial charge in [0.25, 0.3) is 0 Å². The Bertz CT molecular complexity index is 1360. The first-order chi connectivity index (χ1) is 20.3. The van der Waals surface area contributed by atoms with Crippen LogP contribution in [-0.4, -0.2) is 57.0 Å². The van der Waals surface area contributed by atoms with Crippen LogP contribution in [0.15, 0.2) is 72.8 Å². The Morgan fingerprint density at radius 1 is 0.952 bits per heavy atom. The molecule has 0 spiro atoms. The normalized spacial score (nSPS) is 14.4. The van der Waals surface area contributed by atoms with Crippen LogP contribution in [0.4, 0.5) is 13.6 Å². The molecule has 0 atom stereocenters. The zero-order valence-electron chi connectivity index (χ0n) is 24.0. The number of terminal acetylenes is 1. The highest BCUT2D eigenvalue weighted by Gasteiger charge is 2.36. The second kappa shape index (κ2) is 14.5. The van der Waals surface area contributed by atoms with Crippen molar-refractivity contribution in [2.45, 2.75) is 31.3 Å². The molecule has 0 saturated carbocycles. The average Bonchev–Trinajstić information content (AvgIpc) is 3.01. The summed E-state index contributed by atoms with van der Waals surface area (Å²) in [4.78, 5) is 14.9.